The van der Waals surface area contributed by atoms with Crippen molar-refractivity contribution in [1.82, 2.24) is 9.55 Å². The van der Waals surface area contributed by atoms with Gasteiger partial charge < -0.3 is 14.6 Å². The van der Waals surface area contributed by atoms with E-state index in [2.05, 4.69) is 41.8 Å². The highest BCUT2D eigenvalue weighted by atomic mass is 16.5. The van der Waals surface area contributed by atoms with E-state index in [1.165, 1.54) is 6.42 Å². The summed E-state index contributed by atoms with van der Waals surface area (Å²) >= 11 is 0. The normalized spacial score (nSPS) is 11.1. The number of aromatic nitrogens is 2. The Balaban J connectivity index is 2.31. The summed E-state index contributed by atoms with van der Waals surface area (Å²) in [7, 11) is 0. The van der Waals surface area contributed by atoms with E-state index >= 15 is 0 Å². The maximum Gasteiger partial charge on any atom is 0.203 e. The Bertz CT molecular complexity index is 320. The molecule has 0 aliphatic heterocycles. The minimum absolute atomic E-state index is 0.430. The van der Waals surface area contributed by atoms with Crippen LogP contribution in [0.3, 0.4) is 0 Å². The molecule has 0 radical (unpaired) electrons. The Morgan fingerprint density at radius 3 is 2.82 bits per heavy atom. The first-order valence-corrected chi connectivity index (χ1v) is 6.52. The minimum Gasteiger partial charge on any atom is -0.380 e. The molecular weight excluding hydrogens is 214 g/mol. The summed E-state index contributed by atoms with van der Waals surface area (Å²) in [6.45, 7) is 10.9. The third kappa shape index (κ3) is 4.77. The Hall–Kier alpha value is -1.03. The Morgan fingerprint density at radius 2 is 2.18 bits per heavy atom. The van der Waals surface area contributed by atoms with Gasteiger partial charge in [0.25, 0.3) is 0 Å². The van der Waals surface area contributed by atoms with Gasteiger partial charge in [0, 0.05) is 25.4 Å². The van der Waals surface area contributed by atoms with Crippen molar-refractivity contribution in [1.29, 1.82) is 0 Å². The quantitative estimate of drug-likeness (QED) is 0.709. The molecule has 0 saturated carbocycles. The van der Waals surface area contributed by atoms with Crippen LogP contribution >= 0.6 is 0 Å². The third-order valence-corrected chi connectivity index (χ3v) is 2.58. The molecule has 0 spiro atoms. The van der Waals surface area contributed by atoms with Crippen LogP contribution in [0.25, 0.3) is 0 Å². The van der Waals surface area contributed by atoms with Gasteiger partial charge in [0.05, 0.1) is 12.3 Å². The SMILES string of the molecule is CCCCOCCNc1nc(C)cn1C(C)C. The van der Waals surface area contributed by atoms with Gasteiger partial charge in [-0.25, -0.2) is 4.98 Å². The number of ether oxygens (including phenoxy) is 1. The molecule has 0 atom stereocenters. The minimum atomic E-state index is 0.430. The van der Waals surface area contributed by atoms with Gasteiger partial charge in [0.15, 0.2) is 0 Å². The fourth-order valence-electron chi connectivity index (χ4n) is 1.62. The van der Waals surface area contributed by atoms with Crippen LogP contribution in [-0.2, 0) is 4.74 Å². The third-order valence-electron chi connectivity index (χ3n) is 2.58. The molecule has 1 N–H and O–H groups in total. The monoisotopic (exact) mass is 239 g/mol. The lowest BCUT2D eigenvalue weighted by Gasteiger charge is -2.12. The zero-order chi connectivity index (χ0) is 12.7. The first-order valence-electron chi connectivity index (χ1n) is 6.52. The summed E-state index contributed by atoms with van der Waals surface area (Å²) in [4.78, 5) is 4.46. The van der Waals surface area contributed by atoms with Crippen molar-refractivity contribution < 1.29 is 4.74 Å². The molecular formula is C13H25N3O. The van der Waals surface area contributed by atoms with Crippen molar-refractivity contribution in [2.24, 2.45) is 0 Å². The lowest BCUT2D eigenvalue weighted by atomic mass is 10.4. The van der Waals surface area contributed by atoms with Crippen LogP contribution in [-0.4, -0.2) is 29.3 Å². The molecule has 0 bridgehead atoms. The highest BCUT2D eigenvalue weighted by Crippen LogP contribution is 2.14. The van der Waals surface area contributed by atoms with Crippen molar-refractivity contribution in [3.8, 4) is 0 Å². The van der Waals surface area contributed by atoms with E-state index in [4.69, 9.17) is 4.74 Å². The Labute approximate surface area is 104 Å². The average Bonchev–Trinajstić information content (AvgIpc) is 2.65. The number of rotatable bonds is 8. The van der Waals surface area contributed by atoms with Crippen LogP contribution < -0.4 is 5.32 Å². The van der Waals surface area contributed by atoms with Crippen molar-refractivity contribution in [2.45, 2.75) is 46.6 Å². The van der Waals surface area contributed by atoms with Crippen LogP contribution in [0.5, 0.6) is 0 Å². The van der Waals surface area contributed by atoms with Crippen molar-refractivity contribution in [3.05, 3.63) is 11.9 Å². The number of hydrogen-bond donors (Lipinski definition) is 1. The molecule has 0 aliphatic carbocycles. The van der Waals surface area contributed by atoms with Gasteiger partial charge in [-0.3, -0.25) is 0 Å². The van der Waals surface area contributed by atoms with E-state index in [-0.39, 0.29) is 0 Å². The summed E-state index contributed by atoms with van der Waals surface area (Å²) in [5.41, 5.74) is 1.05. The van der Waals surface area contributed by atoms with Crippen molar-refractivity contribution >= 4 is 5.95 Å². The van der Waals surface area contributed by atoms with Crippen LogP contribution in [0.15, 0.2) is 6.20 Å². The first-order chi connectivity index (χ1) is 8.15. The van der Waals surface area contributed by atoms with E-state index in [1.807, 2.05) is 6.92 Å². The van der Waals surface area contributed by atoms with Crippen molar-refractivity contribution in [2.75, 3.05) is 25.1 Å². The van der Waals surface area contributed by atoms with E-state index in [9.17, 15) is 0 Å². The summed E-state index contributed by atoms with van der Waals surface area (Å²) in [6, 6.07) is 0.430. The van der Waals surface area contributed by atoms with E-state index in [1.54, 1.807) is 0 Å². The number of aryl methyl sites for hydroxylation is 1. The van der Waals surface area contributed by atoms with E-state index in [0.717, 1.165) is 37.8 Å². The molecule has 17 heavy (non-hydrogen) atoms. The maximum absolute atomic E-state index is 5.50. The number of unbranched alkanes of at least 4 members (excludes halogenated alkanes) is 1. The molecule has 1 rings (SSSR count). The number of imidazole rings is 1. The molecule has 1 aromatic heterocycles. The first kappa shape index (κ1) is 14.0. The molecule has 0 aliphatic rings. The summed E-state index contributed by atoms with van der Waals surface area (Å²) < 4.78 is 7.66. The summed E-state index contributed by atoms with van der Waals surface area (Å²) in [6.07, 6.45) is 4.40. The van der Waals surface area contributed by atoms with Crippen LogP contribution in [0, 0.1) is 6.92 Å². The molecule has 0 aromatic carbocycles. The Morgan fingerprint density at radius 1 is 1.41 bits per heavy atom. The lowest BCUT2D eigenvalue weighted by molar-refractivity contribution is 0.141. The molecule has 0 saturated heterocycles. The number of anilines is 1. The van der Waals surface area contributed by atoms with Crippen LogP contribution in [0.1, 0.15) is 45.3 Å². The highest BCUT2D eigenvalue weighted by Gasteiger charge is 2.07. The van der Waals surface area contributed by atoms with Crippen molar-refractivity contribution in [3.63, 3.8) is 0 Å². The second-order valence-electron chi connectivity index (χ2n) is 4.60. The fraction of sp³-hybridized carbons (Fsp3) is 0.769. The lowest BCUT2D eigenvalue weighted by Crippen LogP contribution is -2.14. The van der Waals surface area contributed by atoms with Crippen LogP contribution in [0.2, 0.25) is 0 Å². The maximum atomic E-state index is 5.50. The molecule has 1 heterocycles. The van der Waals surface area contributed by atoms with Gasteiger partial charge in [0.2, 0.25) is 5.95 Å². The smallest absolute Gasteiger partial charge is 0.203 e. The highest BCUT2D eigenvalue weighted by molar-refractivity contribution is 5.29. The van der Waals surface area contributed by atoms with Gasteiger partial charge in [0.1, 0.15) is 0 Å². The zero-order valence-electron chi connectivity index (χ0n) is 11.5. The van der Waals surface area contributed by atoms with Gasteiger partial charge in [-0.1, -0.05) is 13.3 Å². The van der Waals surface area contributed by atoms with Gasteiger partial charge in [-0.2, -0.15) is 0 Å². The van der Waals surface area contributed by atoms with Gasteiger partial charge in [-0.05, 0) is 27.2 Å². The number of hydrogen-bond acceptors (Lipinski definition) is 3. The predicted octanol–water partition coefficient (Wildman–Crippen LogP) is 3.00. The largest absolute Gasteiger partial charge is 0.380 e. The second-order valence-corrected chi connectivity index (χ2v) is 4.60. The molecule has 4 heteroatoms. The topological polar surface area (TPSA) is 39.1 Å². The van der Waals surface area contributed by atoms with Gasteiger partial charge in [-0.15, -0.1) is 0 Å². The summed E-state index contributed by atoms with van der Waals surface area (Å²) in [5, 5.41) is 3.32. The fourth-order valence-corrected chi connectivity index (χ4v) is 1.62. The van der Waals surface area contributed by atoms with Gasteiger partial charge >= 0.3 is 0 Å². The molecule has 0 unspecified atom stereocenters. The number of nitrogens with zero attached hydrogens (tertiary/aromatic N) is 2. The predicted molar refractivity (Wildman–Crippen MR) is 71.6 cm³/mol. The molecule has 0 amide bonds. The standard InChI is InChI=1S/C13H25N3O/c1-5-6-8-17-9-7-14-13-15-12(4)10-16(13)11(2)3/h10-11H,5-9H2,1-4H3,(H,14,15). The molecule has 1 aromatic rings. The summed E-state index contributed by atoms with van der Waals surface area (Å²) in [5.74, 6) is 0.941. The average molecular weight is 239 g/mol. The molecule has 4 nitrogen and oxygen atoms in total. The van der Waals surface area contributed by atoms with E-state index < -0.39 is 0 Å². The van der Waals surface area contributed by atoms with Crippen LogP contribution in [0.4, 0.5) is 5.95 Å². The number of nitrogens with one attached hydrogen (secondary N) is 1. The molecule has 98 valence electrons. The Kier molecular flexibility index (Phi) is 6.05. The molecule has 0 fully saturated rings. The van der Waals surface area contributed by atoms with E-state index in [0.29, 0.717) is 6.04 Å². The zero-order valence-corrected chi connectivity index (χ0v) is 11.5. The second kappa shape index (κ2) is 7.33.